The van der Waals surface area contributed by atoms with Gasteiger partial charge in [0.2, 0.25) is 11.6 Å². The first-order chi connectivity index (χ1) is 19.6. The SMILES string of the molecule is CNc1ccn2cc(-c3ccc(CO)cc3)nc2n1.CNc1ccn2cc(-c3ccc(OCC[18F])cc3)nc2n1. The molecule has 0 radical (unpaired) electrons. The Morgan fingerprint density at radius 1 is 0.725 bits per heavy atom. The van der Waals surface area contributed by atoms with Gasteiger partial charge in [0.05, 0.1) is 18.0 Å². The van der Waals surface area contributed by atoms with Gasteiger partial charge in [0.25, 0.3) is 0 Å². The van der Waals surface area contributed by atoms with Crippen molar-refractivity contribution in [3.05, 3.63) is 91.0 Å². The fourth-order valence-corrected chi connectivity index (χ4v) is 3.96. The second-order valence-electron chi connectivity index (χ2n) is 8.71. The molecule has 204 valence electrons. The second-order valence-corrected chi connectivity index (χ2v) is 8.71. The van der Waals surface area contributed by atoms with E-state index in [1.807, 2.05) is 108 Å². The molecule has 0 amide bonds. The lowest BCUT2D eigenvalue weighted by Crippen LogP contribution is -1.98. The van der Waals surface area contributed by atoms with E-state index in [0.717, 1.165) is 39.7 Å². The maximum Gasteiger partial charge on any atom is 0.236 e. The van der Waals surface area contributed by atoms with E-state index in [9.17, 15) is 4.39 Å². The summed E-state index contributed by atoms with van der Waals surface area (Å²) in [6, 6.07) is 18.9. The van der Waals surface area contributed by atoms with Crippen molar-refractivity contribution in [2.24, 2.45) is 0 Å². The van der Waals surface area contributed by atoms with Crippen molar-refractivity contribution < 1.29 is 14.2 Å². The third-order valence-electron chi connectivity index (χ3n) is 6.09. The Kier molecular flexibility index (Phi) is 8.12. The van der Waals surface area contributed by atoms with Crippen molar-refractivity contribution >= 4 is 23.2 Å². The predicted molar refractivity (Wildman–Crippen MR) is 153 cm³/mol. The van der Waals surface area contributed by atoms with E-state index in [-0.39, 0.29) is 13.2 Å². The molecule has 0 fully saturated rings. The van der Waals surface area contributed by atoms with E-state index in [1.54, 1.807) is 0 Å². The van der Waals surface area contributed by atoms with Gasteiger partial charge in [0.1, 0.15) is 30.7 Å². The molecule has 6 aromatic rings. The molecule has 2 aromatic carbocycles. The molecular formula is C29H29FN8O2. The number of aliphatic hydroxyl groups excluding tert-OH is 1. The van der Waals surface area contributed by atoms with Crippen LogP contribution in [0, 0.1) is 0 Å². The molecule has 10 nitrogen and oxygen atoms in total. The Labute approximate surface area is 230 Å². The number of alkyl halides is 1. The minimum atomic E-state index is -0.492. The number of hydrogen-bond acceptors (Lipinski definition) is 8. The summed E-state index contributed by atoms with van der Waals surface area (Å²) in [4.78, 5) is 17.7. The Morgan fingerprint density at radius 3 is 1.68 bits per heavy atom. The Balaban J connectivity index is 0.000000162. The van der Waals surface area contributed by atoms with Crippen LogP contribution in [0.4, 0.5) is 16.0 Å². The predicted octanol–water partition coefficient (Wildman–Crippen LogP) is 4.72. The maximum absolute atomic E-state index is 12.1. The summed E-state index contributed by atoms with van der Waals surface area (Å²) in [6.07, 6.45) is 7.69. The summed E-state index contributed by atoms with van der Waals surface area (Å²) in [7, 11) is 3.65. The number of halogens is 1. The number of fused-ring (bicyclic) bond motifs is 2. The summed E-state index contributed by atoms with van der Waals surface area (Å²) in [5.41, 5.74) is 4.55. The highest BCUT2D eigenvalue weighted by Crippen LogP contribution is 2.23. The smallest absolute Gasteiger partial charge is 0.236 e. The molecule has 11 heteroatoms. The quantitative estimate of drug-likeness (QED) is 0.255. The summed E-state index contributed by atoms with van der Waals surface area (Å²) >= 11 is 0. The van der Waals surface area contributed by atoms with Crippen LogP contribution >= 0.6 is 0 Å². The molecule has 3 N–H and O–H groups in total. The molecule has 40 heavy (non-hydrogen) atoms. The van der Waals surface area contributed by atoms with Crippen molar-refractivity contribution in [3.8, 4) is 28.3 Å². The molecule has 4 heterocycles. The van der Waals surface area contributed by atoms with Crippen LogP contribution in [0.2, 0.25) is 0 Å². The fourth-order valence-electron chi connectivity index (χ4n) is 3.96. The number of hydrogen-bond donors (Lipinski definition) is 3. The maximum atomic E-state index is 12.1. The van der Waals surface area contributed by atoms with Gasteiger partial charge in [-0.15, -0.1) is 0 Å². The van der Waals surface area contributed by atoms with Crippen molar-refractivity contribution in [2.75, 3.05) is 38.0 Å². The number of nitrogens with one attached hydrogen (secondary N) is 2. The topological polar surface area (TPSA) is 114 Å². The van der Waals surface area contributed by atoms with Crippen LogP contribution in [-0.2, 0) is 6.61 Å². The lowest BCUT2D eigenvalue weighted by Gasteiger charge is -2.03. The number of aliphatic hydroxyl groups is 1. The fraction of sp³-hybridized carbons (Fsp3) is 0.172. The number of anilines is 2. The zero-order valence-electron chi connectivity index (χ0n) is 22.1. The molecular weight excluding hydrogens is 510 g/mol. The van der Waals surface area contributed by atoms with Crippen molar-refractivity contribution in [2.45, 2.75) is 6.61 Å². The van der Waals surface area contributed by atoms with Gasteiger partial charge >= 0.3 is 0 Å². The number of nitrogens with zero attached hydrogens (tertiary/aromatic N) is 6. The van der Waals surface area contributed by atoms with E-state index in [2.05, 4.69) is 30.6 Å². The zero-order valence-corrected chi connectivity index (χ0v) is 22.1. The van der Waals surface area contributed by atoms with Gasteiger partial charge in [0, 0.05) is 50.0 Å². The molecule has 6 rings (SSSR count). The average Bonchev–Trinajstić information content (AvgIpc) is 3.64. The lowest BCUT2D eigenvalue weighted by atomic mass is 10.1. The van der Waals surface area contributed by atoms with E-state index in [1.165, 1.54) is 0 Å². The molecule has 0 saturated carbocycles. The van der Waals surface area contributed by atoms with E-state index in [0.29, 0.717) is 17.3 Å². The summed E-state index contributed by atoms with van der Waals surface area (Å²) in [6.45, 7) is -0.364. The number of aromatic nitrogens is 6. The van der Waals surface area contributed by atoms with Gasteiger partial charge < -0.3 is 20.5 Å². The third kappa shape index (κ3) is 6.00. The number of benzene rings is 2. The lowest BCUT2D eigenvalue weighted by molar-refractivity contribution is 0.273. The van der Waals surface area contributed by atoms with Crippen molar-refractivity contribution in [3.63, 3.8) is 0 Å². The van der Waals surface area contributed by atoms with Gasteiger partial charge in [-0.1, -0.05) is 24.3 Å². The number of ether oxygens (including phenoxy) is 1. The molecule has 0 aliphatic carbocycles. The van der Waals surface area contributed by atoms with Crippen molar-refractivity contribution in [1.29, 1.82) is 0 Å². The van der Waals surface area contributed by atoms with Gasteiger partial charge in [-0.05, 0) is 42.0 Å². The summed E-state index contributed by atoms with van der Waals surface area (Å²) in [5.74, 6) is 3.51. The van der Waals surface area contributed by atoms with Gasteiger partial charge in [-0.2, -0.15) is 9.97 Å². The monoisotopic (exact) mass is 539 g/mol. The number of imidazole rings is 2. The van der Waals surface area contributed by atoms with Crippen LogP contribution in [0.15, 0.2) is 85.5 Å². The van der Waals surface area contributed by atoms with Crippen LogP contribution in [-0.4, -0.2) is 61.2 Å². The molecule has 0 spiro atoms. The first-order valence-corrected chi connectivity index (χ1v) is 12.7. The van der Waals surface area contributed by atoms with Gasteiger partial charge in [0.15, 0.2) is 0 Å². The summed E-state index contributed by atoms with van der Waals surface area (Å²) < 4.78 is 21.0. The van der Waals surface area contributed by atoms with Gasteiger partial charge in [-0.3, -0.25) is 8.80 Å². The normalized spacial score (nSPS) is 10.8. The molecule has 0 aliphatic heterocycles. The molecule has 4 aromatic heterocycles. The molecule has 0 aliphatic rings. The highest BCUT2D eigenvalue weighted by atomic mass is 18.2. The minimum Gasteiger partial charge on any atom is -0.491 e. The van der Waals surface area contributed by atoms with E-state index >= 15 is 0 Å². The van der Waals surface area contributed by atoms with Crippen LogP contribution in [0.25, 0.3) is 34.1 Å². The van der Waals surface area contributed by atoms with Crippen LogP contribution in [0.5, 0.6) is 5.75 Å². The van der Waals surface area contributed by atoms with Crippen LogP contribution in [0.3, 0.4) is 0 Å². The zero-order chi connectivity index (χ0) is 27.9. The Hall–Kier alpha value is -5.03. The van der Waals surface area contributed by atoms with E-state index in [4.69, 9.17) is 9.84 Å². The first kappa shape index (κ1) is 26.6. The van der Waals surface area contributed by atoms with Gasteiger partial charge in [-0.25, -0.2) is 14.4 Å². The minimum absolute atomic E-state index is 0.0541. The summed E-state index contributed by atoms with van der Waals surface area (Å²) in [5, 5.41) is 15.0. The second kappa shape index (κ2) is 12.2. The molecule has 0 atom stereocenters. The molecule has 0 unspecified atom stereocenters. The van der Waals surface area contributed by atoms with Crippen molar-refractivity contribution in [1.82, 2.24) is 28.7 Å². The Morgan fingerprint density at radius 2 is 1.23 bits per heavy atom. The third-order valence-corrected chi connectivity index (χ3v) is 6.09. The average molecular weight is 540 g/mol. The molecule has 0 saturated heterocycles. The van der Waals surface area contributed by atoms with E-state index < -0.39 is 6.67 Å². The standard InChI is InChI=1S/C15H15FN4O.C14H14N4O/c1-17-14-6-8-20-10-13(18-15(20)19-14)11-2-4-12(5-3-11)21-9-7-16;1-15-13-6-7-18-8-12(16-14(18)17-13)11-4-2-10(9-19)3-5-11/h2-6,8,10H,7,9H2,1H3,(H,17,18,19);2-8,19H,9H2,1H3,(H,15,16,17)/i16-1;. The Bertz CT molecular complexity index is 1700. The highest BCUT2D eigenvalue weighted by Gasteiger charge is 2.07. The first-order valence-electron chi connectivity index (χ1n) is 12.7. The largest absolute Gasteiger partial charge is 0.491 e. The highest BCUT2D eigenvalue weighted by molar-refractivity contribution is 5.63. The van der Waals surface area contributed by atoms with Crippen LogP contribution in [0.1, 0.15) is 5.56 Å². The number of rotatable bonds is 8. The van der Waals surface area contributed by atoms with Crippen LogP contribution < -0.4 is 15.4 Å². The molecule has 0 bridgehead atoms.